The molecule has 0 fully saturated rings. The number of nitrogens with zero attached hydrogens (tertiary/aromatic N) is 2. The van der Waals surface area contributed by atoms with Crippen LogP contribution in [0.4, 0.5) is 0 Å². The zero-order valence-corrected chi connectivity index (χ0v) is 15.0. The van der Waals surface area contributed by atoms with Crippen molar-refractivity contribution in [1.82, 2.24) is 9.99 Å². The van der Waals surface area contributed by atoms with Gasteiger partial charge in [0.1, 0.15) is 5.58 Å². The monoisotopic (exact) mass is 357 g/mol. The van der Waals surface area contributed by atoms with E-state index in [1.54, 1.807) is 12.3 Å². The minimum Gasteiger partial charge on any atom is -0.451 e. The molecular formula is C22H19N3O2. The lowest BCUT2D eigenvalue weighted by Crippen LogP contribution is -2.16. The van der Waals surface area contributed by atoms with Gasteiger partial charge in [-0.05, 0) is 25.1 Å². The van der Waals surface area contributed by atoms with Gasteiger partial charge in [-0.1, -0.05) is 42.5 Å². The van der Waals surface area contributed by atoms with Gasteiger partial charge in [-0.15, -0.1) is 6.58 Å². The Balaban J connectivity index is 1.60. The molecule has 2 heterocycles. The third-order valence-electron chi connectivity index (χ3n) is 4.60. The molecule has 134 valence electrons. The number of allylic oxidation sites excluding steroid dienone is 1. The van der Waals surface area contributed by atoms with Crippen LogP contribution in [0.3, 0.4) is 0 Å². The maximum Gasteiger partial charge on any atom is 0.307 e. The van der Waals surface area contributed by atoms with E-state index in [1.165, 1.54) is 0 Å². The Morgan fingerprint density at radius 2 is 2.00 bits per heavy atom. The van der Waals surface area contributed by atoms with E-state index < -0.39 is 0 Å². The fourth-order valence-corrected chi connectivity index (χ4v) is 3.29. The highest BCUT2D eigenvalue weighted by molar-refractivity contribution is 6.02. The molecule has 0 aliphatic heterocycles. The molecule has 0 unspecified atom stereocenters. The van der Waals surface area contributed by atoms with Crippen molar-refractivity contribution in [3.8, 4) is 0 Å². The molecule has 0 atom stereocenters. The average molecular weight is 357 g/mol. The van der Waals surface area contributed by atoms with Crippen LogP contribution in [0.25, 0.3) is 21.9 Å². The number of rotatable bonds is 5. The molecule has 0 saturated heterocycles. The predicted octanol–water partition coefficient (Wildman–Crippen LogP) is 4.65. The quantitative estimate of drug-likeness (QED) is 0.321. The summed E-state index contributed by atoms with van der Waals surface area (Å²) >= 11 is 0. The van der Waals surface area contributed by atoms with Crippen molar-refractivity contribution in [2.24, 2.45) is 5.10 Å². The number of furan rings is 1. The summed E-state index contributed by atoms with van der Waals surface area (Å²) in [4.78, 5) is 12.3. The lowest BCUT2D eigenvalue weighted by molar-refractivity contribution is 0.0929. The Labute approximate surface area is 156 Å². The van der Waals surface area contributed by atoms with Crippen molar-refractivity contribution < 1.29 is 9.21 Å². The number of benzene rings is 2. The Morgan fingerprint density at radius 1 is 1.22 bits per heavy atom. The standard InChI is InChI=1S/C22H19N3O2/c1-3-12-25-15(2)18(17-9-5-6-10-19(17)25)14-23-24-22(26)21-13-16-8-4-7-11-20(16)27-21/h3-11,13-14H,1,12H2,2H3,(H,24,26)/b23-14+. The molecule has 0 radical (unpaired) electrons. The molecule has 0 bridgehead atoms. The molecule has 27 heavy (non-hydrogen) atoms. The molecule has 0 spiro atoms. The highest BCUT2D eigenvalue weighted by Gasteiger charge is 2.13. The summed E-state index contributed by atoms with van der Waals surface area (Å²) in [5, 5.41) is 6.12. The minimum absolute atomic E-state index is 0.235. The van der Waals surface area contributed by atoms with Crippen LogP contribution in [0.2, 0.25) is 0 Å². The SMILES string of the molecule is C=CCn1c(C)c(/C=N/NC(=O)c2cc3ccccc3o2)c2ccccc21. The summed E-state index contributed by atoms with van der Waals surface area (Å²) < 4.78 is 7.73. The number of hydrazone groups is 1. The summed E-state index contributed by atoms with van der Waals surface area (Å²) in [6.45, 7) is 6.58. The van der Waals surface area contributed by atoms with E-state index in [0.29, 0.717) is 12.1 Å². The molecule has 2 aromatic carbocycles. The summed E-state index contributed by atoms with van der Waals surface area (Å²) in [5.74, 6) is -0.144. The number of para-hydroxylation sites is 2. The summed E-state index contributed by atoms with van der Waals surface area (Å²) in [6, 6.07) is 17.3. The van der Waals surface area contributed by atoms with Crippen molar-refractivity contribution >= 4 is 34.0 Å². The maximum absolute atomic E-state index is 12.3. The smallest absolute Gasteiger partial charge is 0.307 e. The third-order valence-corrected chi connectivity index (χ3v) is 4.60. The van der Waals surface area contributed by atoms with Crippen molar-refractivity contribution in [3.05, 3.63) is 84.3 Å². The lowest BCUT2D eigenvalue weighted by Gasteiger charge is -2.03. The molecule has 4 aromatic rings. The molecule has 0 saturated carbocycles. The number of hydrogen-bond acceptors (Lipinski definition) is 3. The molecule has 1 N–H and O–H groups in total. The van der Waals surface area contributed by atoms with E-state index in [4.69, 9.17) is 4.42 Å². The molecule has 1 amide bonds. The molecule has 0 aliphatic rings. The van der Waals surface area contributed by atoms with E-state index in [0.717, 1.165) is 27.5 Å². The molecular weight excluding hydrogens is 338 g/mol. The van der Waals surface area contributed by atoms with Crippen molar-refractivity contribution in [2.75, 3.05) is 0 Å². The Bertz CT molecular complexity index is 1150. The number of nitrogens with one attached hydrogen (secondary N) is 1. The normalized spacial score (nSPS) is 11.4. The van der Waals surface area contributed by atoms with Crippen LogP contribution in [0.1, 0.15) is 21.8 Å². The average Bonchev–Trinajstić information content (AvgIpc) is 3.23. The second-order valence-electron chi connectivity index (χ2n) is 6.26. The molecule has 5 heteroatoms. The van der Waals surface area contributed by atoms with Gasteiger partial charge in [0, 0.05) is 34.1 Å². The van der Waals surface area contributed by atoms with Crippen LogP contribution in [-0.4, -0.2) is 16.7 Å². The Hall–Kier alpha value is -3.60. The summed E-state index contributed by atoms with van der Waals surface area (Å²) in [5.41, 5.74) is 6.37. The molecule has 2 aromatic heterocycles. The van der Waals surface area contributed by atoms with E-state index in [2.05, 4.69) is 27.7 Å². The number of carbonyl (C=O) groups excluding carboxylic acids is 1. The van der Waals surface area contributed by atoms with Crippen LogP contribution >= 0.6 is 0 Å². The third kappa shape index (κ3) is 3.04. The van der Waals surface area contributed by atoms with Gasteiger partial charge < -0.3 is 8.98 Å². The number of hydrogen-bond donors (Lipinski definition) is 1. The van der Waals surface area contributed by atoms with Crippen LogP contribution in [0.5, 0.6) is 0 Å². The van der Waals surface area contributed by atoms with Gasteiger partial charge in [-0.25, -0.2) is 5.43 Å². The van der Waals surface area contributed by atoms with E-state index in [-0.39, 0.29) is 11.7 Å². The number of fused-ring (bicyclic) bond motifs is 2. The van der Waals surface area contributed by atoms with Gasteiger partial charge >= 0.3 is 5.91 Å². The topological polar surface area (TPSA) is 59.5 Å². The van der Waals surface area contributed by atoms with Gasteiger partial charge in [0.05, 0.1) is 6.21 Å². The largest absolute Gasteiger partial charge is 0.451 e. The zero-order chi connectivity index (χ0) is 18.8. The number of amides is 1. The fourth-order valence-electron chi connectivity index (χ4n) is 3.29. The first-order chi connectivity index (χ1) is 13.2. The van der Waals surface area contributed by atoms with Crippen LogP contribution in [0, 0.1) is 6.92 Å². The van der Waals surface area contributed by atoms with Crippen molar-refractivity contribution in [3.63, 3.8) is 0 Å². The van der Waals surface area contributed by atoms with Crippen LogP contribution < -0.4 is 5.43 Å². The minimum atomic E-state index is -0.380. The fraction of sp³-hybridized carbons (Fsp3) is 0.0909. The first-order valence-corrected chi connectivity index (χ1v) is 8.69. The number of aromatic nitrogens is 1. The highest BCUT2D eigenvalue weighted by Crippen LogP contribution is 2.24. The van der Waals surface area contributed by atoms with E-state index in [9.17, 15) is 4.79 Å². The first-order valence-electron chi connectivity index (χ1n) is 8.69. The molecule has 4 rings (SSSR count). The zero-order valence-electron chi connectivity index (χ0n) is 15.0. The number of carbonyl (C=O) groups is 1. The Morgan fingerprint density at radius 3 is 2.81 bits per heavy atom. The van der Waals surface area contributed by atoms with Crippen molar-refractivity contribution in [2.45, 2.75) is 13.5 Å². The summed E-state index contributed by atoms with van der Waals surface area (Å²) in [7, 11) is 0. The Kier molecular flexibility index (Phi) is 4.34. The van der Waals surface area contributed by atoms with Gasteiger partial charge in [0.25, 0.3) is 0 Å². The maximum atomic E-state index is 12.3. The van der Waals surface area contributed by atoms with Gasteiger partial charge in [0.2, 0.25) is 0 Å². The second kappa shape index (κ2) is 6.96. The van der Waals surface area contributed by atoms with Gasteiger partial charge in [0.15, 0.2) is 5.76 Å². The van der Waals surface area contributed by atoms with Gasteiger partial charge in [-0.2, -0.15) is 5.10 Å². The molecule has 5 nitrogen and oxygen atoms in total. The lowest BCUT2D eigenvalue weighted by atomic mass is 10.1. The highest BCUT2D eigenvalue weighted by atomic mass is 16.3. The predicted molar refractivity (Wildman–Crippen MR) is 108 cm³/mol. The van der Waals surface area contributed by atoms with Crippen LogP contribution in [0.15, 0.2) is 76.8 Å². The van der Waals surface area contributed by atoms with Crippen LogP contribution in [-0.2, 0) is 6.54 Å². The van der Waals surface area contributed by atoms with E-state index in [1.807, 2.05) is 55.5 Å². The van der Waals surface area contributed by atoms with Crippen molar-refractivity contribution in [1.29, 1.82) is 0 Å². The van der Waals surface area contributed by atoms with E-state index >= 15 is 0 Å². The second-order valence-corrected chi connectivity index (χ2v) is 6.26. The summed E-state index contributed by atoms with van der Waals surface area (Å²) in [6.07, 6.45) is 3.54. The van der Waals surface area contributed by atoms with Gasteiger partial charge in [-0.3, -0.25) is 4.79 Å². The molecule has 0 aliphatic carbocycles. The first kappa shape index (κ1) is 16.8.